The molecule has 1 heterocycles. The van der Waals surface area contributed by atoms with Gasteiger partial charge in [0.05, 0.1) is 4.90 Å². The lowest BCUT2D eigenvalue weighted by Crippen LogP contribution is -2.32. The third-order valence-electron chi connectivity index (χ3n) is 3.81. The average molecular weight is 334 g/mol. The maximum absolute atomic E-state index is 11.9. The van der Waals surface area contributed by atoms with Gasteiger partial charge in [-0.25, -0.2) is 4.79 Å². The Morgan fingerprint density at radius 2 is 2.04 bits per heavy atom. The number of nitrogens with one attached hydrogen (secondary N) is 1. The fourth-order valence-corrected chi connectivity index (χ4v) is 3.49. The molecule has 0 saturated heterocycles. The Bertz CT molecular complexity index is 679. The minimum absolute atomic E-state index is 0.0555. The third kappa shape index (κ3) is 4.02. The van der Waals surface area contributed by atoms with E-state index in [-0.39, 0.29) is 6.04 Å². The highest BCUT2D eigenvalue weighted by molar-refractivity contribution is 7.99. The number of carbonyl (C=O) groups excluding carboxylic acids is 1. The summed E-state index contributed by atoms with van der Waals surface area (Å²) in [7, 11) is 0. The van der Waals surface area contributed by atoms with Gasteiger partial charge in [-0.3, -0.25) is 0 Å². The monoisotopic (exact) mass is 334 g/mol. The van der Waals surface area contributed by atoms with Crippen LogP contribution in [0.25, 0.3) is 10.9 Å². The van der Waals surface area contributed by atoms with Crippen LogP contribution in [-0.4, -0.2) is 23.0 Å². The number of fused-ring (bicyclic) bond motifs is 1. The van der Waals surface area contributed by atoms with E-state index in [1.54, 1.807) is 11.8 Å². The van der Waals surface area contributed by atoms with Crippen LogP contribution in [-0.2, 0) is 0 Å². The molecule has 1 amide bonds. The first-order chi connectivity index (χ1) is 11.0. The lowest BCUT2D eigenvalue weighted by molar-refractivity contribution is 0.197. The number of carbonyl (C=O) groups is 1. The van der Waals surface area contributed by atoms with E-state index in [9.17, 15) is 4.79 Å². The summed E-state index contributed by atoms with van der Waals surface area (Å²) in [4.78, 5) is 12.9. The zero-order chi connectivity index (χ0) is 17.0. The van der Waals surface area contributed by atoms with Crippen LogP contribution in [0.3, 0.4) is 0 Å². The zero-order valence-electron chi connectivity index (χ0n) is 14.6. The molecule has 0 fully saturated rings. The smallest absolute Gasteiger partial charge is 0.409 e. The fraction of sp³-hybridized carbons (Fsp3) is 0.500. The molecule has 0 saturated carbocycles. The van der Waals surface area contributed by atoms with Gasteiger partial charge in [0.2, 0.25) is 0 Å². The van der Waals surface area contributed by atoms with Crippen molar-refractivity contribution < 1.29 is 9.53 Å². The molecule has 0 aliphatic carbocycles. The van der Waals surface area contributed by atoms with Crippen LogP contribution in [0.4, 0.5) is 4.79 Å². The molecule has 23 heavy (non-hydrogen) atoms. The number of nitrogens with zero attached hydrogens (tertiary/aromatic N) is 1. The fourth-order valence-electron chi connectivity index (χ4n) is 2.79. The average Bonchev–Trinajstić information content (AvgIpc) is 2.90. The molecule has 0 spiro atoms. The van der Waals surface area contributed by atoms with Gasteiger partial charge in [0, 0.05) is 29.2 Å². The van der Waals surface area contributed by atoms with Crippen LogP contribution < -0.4 is 10.1 Å². The standard InChI is InChI=1S/C18H26N2O2S/c1-6-7-13(4)20-11-10-14-15(20)8-9-16(17(14)23-5)22-18(21)19-12(2)3/h8-13H,6-7H2,1-5H3,(H,19,21). The number of hydrogen-bond donors (Lipinski definition) is 1. The van der Waals surface area contributed by atoms with Crippen LogP contribution in [0.1, 0.15) is 46.6 Å². The Balaban J connectivity index is 2.36. The van der Waals surface area contributed by atoms with Gasteiger partial charge in [0.25, 0.3) is 0 Å². The van der Waals surface area contributed by atoms with Gasteiger partial charge in [-0.15, -0.1) is 11.8 Å². The summed E-state index contributed by atoms with van der Waals surface area (Å²) in [5, 5.41) is 3.89. The molecule has 4 nitrogen and oxygen atoms in total. The van der Waals surface area contributed by atoms with Crippen molar-refractivity contribution in [3.05, 3.63) is 24.4 Å². The van der Waals surface area contributed by atoms with Crippen molar-refractivity contribution in [1.82, 2.24) is 9.88 Å². The molecule has 2 aromatic rings. The Hall–Kier alpha value is -1.62. The molecule has 1 N–H and O–H groups in total. The van der Waals surface area contributed by atoms with E-state index in [2.05, 4.69) is 36.0 Å². The van der Waals surface area contributed by atoms with Gasteiger partial charge >= 0.3 is 6.09 Å². The van der Waals surface area contributed by atoms with E-state index < -0.39 is 6.09 Å². The highest BCUT2D eigenvalue weighted by Gasteiger charge is 2.16. The van der Waals surface area contributed by atoms with E-state index >= 15 is 0 Å². The predicted octanol–water partition coefficient (Wildman–Crippen LogP) is 5.22. The number of aromatic nitrogens is 1. The zero-order valence-corrected chi connectivity index (χ0v) is 15.4. The number of benzene rings is 1. The molecule has 1 atom stereocenters. The third-order valence-corrected chi connectivity index (χ3v) is 4.64. The SMILES string of the molecule is CCCC(C)n1ccc2c(SC)c(OC(=O)NC(C)C)ccc21. The second-order valence-electron chi connectivity index (χ2n) is 6.08. The van der Waals surface area contributed by atoms with Gasteiger partial charge in [-0.2, -0.15) is 0 Å². The largest absolute Gasteiger partial charge is 0.412 e. The van der Waals surface area contributed by atoms with Crippen LogP contribution >= 0.6 is 11.8 Å². The molecule has 1 aromatic heterocycles. The maximum Gasteiger partial charge on any atom is 0.412 e. The highest BCUT2D eigenvalue weighted by Crippen LogP contribution is 2.37. The Morgan fingerprint density at radius 3 is 2.65 bits per heavy atom. The van der Waals surface area contributed by atoms with Crippen molar-refractivity contribution in [3.63, 3.8) is 0 Å². The molecular weight excluding hydrogens is 308 g/mol. The first-order valence-corrected chi connectivity index (χ1v) is 9.36. The summed E-state index contributed by atoms with van der Waals surface area (Å²) < 4.78 is 7.79. The van der Waals surface area contributed by atoms with Crippen LogP contribution in [0, 0.1) is 0 Å². The van der Waals surface area contributed by atoms with E-state index in [0.717, 1.165) is 23.1 Å². The molecule has 5 heteroatoms. The van der Waals surface area contributed by atoms with Crippen molar-refractivity contribution in [2.75, 3.05) is 6.26 Å². The number of thioether (sulfide) groups is 1. The van der Waals surface area contributed by atoms with Gasteiger partial charge in [0.15, 0.2) is 0 Å². The predicted molar refractivity (Wildman–Crippen MR) is 97.6 cm³/mol. The molecule has 1 unspecified atom stereocenters. The molecular formula is C18H26N2O2S. The quantitative estimate of drug-likeness (QED) is 0.736. The van der Waals surface area contributed by atoms with Crippen molar-refractivity contribution in [1.29, 1.82) is 0 Å². The van der Waals surface area contributed by atoms with Crippen LogP contribution in [0.2, 0.25) is 0 Å². The summed E-state index contributed by atoms with van der Waals surface area (Å²) >= 11 is 1.61. The van der Waals surface area contributed by atoms with Crippen molar-refractivity contribution in [2.24, 2.45) is 0 Å². The highest BCUT2D eigenvalue weighted by atomic mass is 32.2. The lowest BCUT2D eigenvalue weighted by atomic mass is 10.2. The van der Waals surface area contributed by atoms with Crippen molar-refractivity contribution in [2.45, 2.75) is 57.5 Å². The number of amides is 1. The Labute approximate surface area is 142 Å². The van der Waals surface area contributed by atoms with E-state index in [1.165, 1.54) is 5.52 Å². The molecule has 0 aliphatic heterocycles. The summed E-state index contributed by atoms with van der Waals surface area (Å²) in [5.41, 5.74) is 1.19. The summed E-state index contributed by atoms with van der Waals surface area (Å²) in [6.45, 7) is 8.27. The Morgan fingerprint density at radius 1 is 1.30 bits per heavy atom. The lowest BCUT2D eigenvalue weighted by Gasteiger charge is -2.16. The molecule has 1 aromatic carbocycles. The van der Waals surface area contributed by atoms with Crippen LogP contribution in [0.5, 0.6) is 5.75 Å². The van der Waals surface area contributed by atoms with Crippen LogP contribution in [0.15, 0.2) is 29.3 Å². The first kappa shape index (κ1) is 17.7. The van der Waals surface area contributed by atoms with Gasteiger partial charge in [-0.1, -0.05) is 13.3 Å². The molecule has 0 radical (unpaired) electrons. The van der Waals surface area contributed by atoms with Gasteiger partial charge < -0.3 is 14.6 Å². The van der Waals surface area contributed by atoms with E-state index in [0.29, 0.717) is 11.8 Å². The maximum atomic E-state index is 11.9. The molecule has 0 bridgehead atoms. The van der Waals surface area contributed by atoms with Gasteiger partial charge in [0.1, 0.15) is 5.75 Å². The molecule has 126 valence electrons. The number of ether oxygens (including phenoxy) is 1. The molecule has 2 rings (SSSR count). The number of hydrogen-bond acceptors (Lipinski definition) is 3. The number of rotatable bonds is 6. The first-order valence-electron chi connectivity index (χ1n) is 8.13. The van der Waals surface area contributed by atoms with Crippen molar-refractivity contribution >= 4 is 28.8 Å². The minimum atomic E-state index is -0.409. The van der Waals surface area contributed by atoms with Gasteiger partial charge in [-0.05, 0) is 51.6 Å². The topological polar surface area (TPSA) is 43.3 Å². The summed E-state index contributed by atoms with van der Waals surface area (Å²) in [5.74, 6) is 0.615. The Kier molecular flexibility index (Phi) is 5.99. The summed E-state index contributed by atoms with van der Waals surface area (Å²) in [6.07, 6.45) is 6.03. The minimum Gasteiger partial charge on any atom is -0.409 e. The van der Waals surface area contributed by atoms with E-state index in [4.69, 9.17) is 4.74 Å². The van der Waals surface area contributed by atoms with Crippen molar-refractivity contribution in [3.8, 4) is 5.75 Å². The summed E-state index contributed by atoms with van der Waals surface area (Å²) in [6, 6.07) is 6.56. The second-order valence-corrected chi connectivity index (χ2v) is 6.90. The normalized spacial score (nSPS) is 12.6. The van der Waals surface area contributed by atoms with E-state index in [1.807, 2.05) is 32.2 Å². The second kappa shape index (κ2) is 7.77. The molecule has 0 aliphatic rings.